The molecule has 0 radical (unpaired) electrons. The van der Waals surface area contributed by atoms with Gasteiger partial charge in [-0.05, 0) is 56.3 Å². The lowest BCUT2D eigenvalue weighted by molar-refractivity contribution is -0.126. The maximum absolute atomic E-state index is 13.5. The summed E-state index contributed by atoms with van der Waals surface area (Å²) in [5.41, 5.74) is 2.61. The van der Waals surface area contributed by atoms with E-state index in [0.717, 1.165) is 11.3 Å². The van der Waals surface area contributed by atoms with Crippen LogP contribution in [0.3, 0.4) is 0 Å². The fourth-order valence-electron chi connectivity index (χ4n) is 5.24. The Morgan fingerprint density at radius 1 is 0.938 bits per heavy atom. The number of rotatable bonds is 4. The quantitative estimate of drug-likeness (QED) is 0.548. The first-order valence-electron chi connectivity index (χ1n) is 10.5. The second-order valence-electron chi connectivity index (χ2n) is 8.40. The average molecular weight is 430 g/mol. The Kier molecular flexibility index (Phi) is 4.51. The van der Waals surface area contributed by atoms with Gasteiger partial charge in [0.1, 0.15) is 11.8 Å². The number of hydrogen-bond acceptors (Lipinski definition) is 6. The van der Waals surface area contributed by atoms with Crippen LogP contribution in [0.15, 0.2) is 48.5 Å². The minimum atomic E-state index is -0.768. The second-order valence-corrected chi connectivity index (χ2v) is 8.40. The standard InChI is InChI=1S/C25H22N2O5/c1-13(28)15-4-7-17(8-5-15)26-24(30)21-20-10-6-16-12-18(32-3)9-11-19(16)27(20)23(14(2)29)22(21)25(26)31/h4-12,20-23H,1-3H3/t20-,21-,22+,23+/m0/s1. The van der Waals surface area contributed by atoms with Gasteiger partial charge in [-0.25, -0.2) is 4.90 Å². The highest BCUT2D eigenvalue weighted by atomic mass is 16.5. The number of hydrogen-bond donors (Lipinski definition) is 0. The van der Waals surface area contributed by atoms with Gasteiger partial charge >= 0.3 is 0 Å². The number of fused-ring (bicyclic) bond motifs is 5. The van der Waals surface area contributed by atoms with Gasteiger partial charge in [-0.2, -0.15) is 0 Å². The summed E-state index contributed by atoms with van der Waals surface area (Å²) in [5.74, 6) is -1.69. The third-order valence-electron chi connectivity index (χ3n) is 6.66. The van der Waals surface area contributed by atoms with Crippen LogP contribution in [0.25, 0.3) is 6.08 Å². The first kappa shape index (κ1) is 20.2. The maximum Gasteiger partial charge on any atom is 0.240 e. The fourth-order valence-corrected chi connectivity index (χ4v) is 5.24. The molecule has 2 aromatic rings. The van der Waals surface area contributed by atoms with E-state index in [1.807, 2.05) is 35.3 Å². The topological polar surface area (TPSA) is 84.0 Å². The highest BCUT2D eigenvalue weighted by molar-refractivity contribution is 6.24. The predicted octanol–water partition coefficient (Wildman–Crippen LogP) is 2.88. The molecule has 7 nitrogen and oxygen atoms in total. The molecule has 32 heavy (non-hydrogen) atoms. The van der Waals surface area contributed by atoms with Crippen molar-refractivity contribution < 1.29 is 23.9 Å². The average Bonchev–Trinajstić information content (AvgIpc) is 3.26. The first-order chi connectivity index (χ1) is 15.3. The molecule has 4 atom stereocenters. The SMILES string of the molecule is COc1ccc2c(c1)C=C[C@H]1[C@@H]3C(=O)N(c4ccc(C(C)=O)cc4)C(=O)[C@H]3[C@@H](C(C)=O)N21. The Balaban J connectivity index is 1.57. The number of benzene rings is 2. The molecule has 3 aliphatic rings. The Bertz CT molecular complexity index is 1200. The molecule has 2 fully saturated rings. The number of Topliss-reactive ketones (excluding diaryl/α,β-unsaturated/α-hetero) is 2. The lowest BCUT2D eigenvalue weighted by Crippen LogP contribution is -2.48. The van der Waals surface area contributed by atoms with Crippen LogP contribution in [-0.2, 0) is 14.4 Å². The number of imide groups is 1. The monoisotopic (exact) mass is 430 g/mol. The van der Waals surface area contributed by atoms with Crippen molar-refractivity contribution >= 4 is 40.8 Å². The van der Waals surface area contributed by atoms with Gasteiger partial charge < -0.3 is 9.64 Å². The molecule has 0 saturated carbocycles. The van der Waals surface area contributed by atoms with Crippen LogP contribution in [0.1, 0.15) is 29.8 Å². The van der Waals surface area contributed by atoms with Crippen molar-refractivity contribution in [2.24, 2.45) is 11.8 Å². The molecule has 0 bridgehead atoms. The number of carbonyl (C=O) groups excluding carboxylic acids is 4. The van der Waals surface area contributed by atoms with E-state index in [1.54, 1.807) is 31.4 Å². The molecule has 162 valence electrons. The molecule has 2 saturated heterocycles. The van der Waals surface area contributed by atoms with Gasteiger partial charge in [0.05, 0.1) is 30.7 Å². The fraction of sp³-hybridized carbons (Fsp3) is 0.280. The van der Waals surface area contributed by atoms with Crippen LogP contribution >= 0.6 is 0 Å². The van der Waals surface area contributed by atoms with Crippen molar-refractivity contribution in [1.82, 2.24) is 0 Å². The van der Waals surface area contributed by atoms with Crippen LogP contribution < -0.4 is 14.5 Å². The molecule has 2 aromatic carbocycles. The molecule has 3 aliphatic heterocycles. The van der Waals surface area contributed by atoms with E-state index < -0.39 is 23.9 Å². The number of nitrogens with zero attached hydrogens (tertiary/aromatic N) is 2. The van der Waals surface area contributed by atoms with Crippen LogP contribution in [0.4, 0.5) is 11.4 Å². The zero-order valence-electron chi connectivity index (χ0n) is 17.9. The molecule has 0 aromatic heterocycles. The Hall–Kier alpha value is -3.74. The molecule has 2 amide bonds. The van der Waals surface area contributed by atoms with Crippen molar-refractivity contribution in [1.29, 1.82) is 0 Å². The molecular formula is C25H22N2O5. The number of carbonyl (C=O) groups is 4. The molecule has 0 unspecified atom stereocenters. The van der Waals surface area contributed by atoms with Crippen LogP contribution in [0.2, 0.25) is 0 Å². The highest BCUT2D eigenvalue weighted by Gasteiger charge is 2.63. The van der Waals surface area contributed by atoms with Crippen molar-refractivity contribution in [2.45, 2.75) is 25.9 Å². The minimum Gasteiger partial charge on any atom is -0.497 e. The van der Waals surface area contributed by atoms with E-state index in [-0.39, 0.29) is 23.4 Å². The number of amides is 2. The summed E-state index contributed by atoms with van der Waals surface area (Å²) in [5, 5.41) is 0. The predicted molar refractivity (Wildman–Crippen MR) is 119 cm³/mol. The Morgan fingerprint density at radius 2 is 1.62 bits per heavy atom. The lowest BCUT2D eigenvalue weighted by Gasteiger charge is -2.36. The van der Waals surface area contributed by atoms with Crippen LogP contribution in [0.5, 0.6) is 5.75 Å². The van der Waals surface area contributed by atoms with Crippen molar-refractivity contribution in [3.63, 3.8) is 0 Å². The number of anilines is 2. The summed E-state index contributed by atoms with van der Waals surface area (Å²) in [4.78, 5) is 54.4. The van der Waals surface area contributed by atoms with Gasteiger partial charge in [0.25, 0.3) is 0 Å². The third kappa shape index (κ3) is 2.74. The summed E-state index contributed by atoms with van der Waals surface area (Å²) in [6.45, 7) is 2.92. The summed E-state index contributed by atoms with van der Waals surface area (Å²) in [7, 11) is 1.59. The summed E-state index contributed by atoms with van der Waals surface area (Å²) in [6.07, 6.45) is 3.82. The number of ketones is 2. The van der Waals surface area contributed by atoms with Crippen LogP contribution in [-0.4, -0.2) is 42.6 Å². The Labute approximate surface area is 185 Å². The van der Waals surface area contributed by atoms with Gasteiger partial charge in [0.15, 0.2) is 11.6 Å². The maximum atomic E-state index is 13.5. The lowest BCUT2D eigenvalue weighted by atomic mass is 9.88. The van der Waals surface area contributed by atoms with Crippen molar-refractivity contribution in [3.8, 4) is 5.75 Å². The first-order valence-corrected chi connectivity index (χ1v) is 10.5. The zero-order chi connectivity index (χ0) is 22.7. The smallest absolute Gasteiger partial charge is 0.240 e. The van der Waals surface area contributed by atoms with Gasteiger partial charge in [-0.3, -0.25) is 19.2 Å². The number of ether oxygens (including phenoxy) is 1. The normalized spacial score (nSPS) is 25.5. The Morgan fingerprint density at radius 3 is 2.25 bits per heavy atom. The molecule has 7 heteroatoms. The second kappa shape index (κ2) is 7.15. The highest BCUT2D eigenvalue weighted by Crippen LogP contribution is 2.49. The summed E-state index contributed by atoms with van der Waals surface area (Å²) >= 11 is 0. The van der Waals surface area contributed by atoms with Crippen molar-refractivity contribution in [3.05, 3.63) is 59.7 Å². The summed E-state index contributed by atoms with van der Waals surface area (Å²) < 4.78 is 5.31. The molecular weight excluding hydrogens is 408 g/mol. The van der Waals surface area contributed by atoms with E-state index in [0.29, 0.717) is 17.0 Å². The van der Waals surface area contributed by atoms with E-state index in [9.17, 15) is 19.2 Å². The van der Waals surface area contributed by atoms with E-state index in [2.05, 4.69) is 0 Å². The van der Waals surface area contributed by atoms with Gasteiger partial charge in [-0.1, -0.05) is 12.2 Å². The third-order valence-corrected chi connectivity index (χ3v) is 6.66. The number of methoxy groups -OCH3 is 1. The minimum absolute atomic E-state index is 0.0950. The van der Waals surface area contributed by atoms with E-state index in [4.69, 9.17) is 4.74 Å². The molecule has 5 rings (SSSR count). The molecule has 0 aliphatic carbocycles. The summed E-state index contributed by atoms with van der Waals surface area (Å²) in [6, 6.07) is 10.8. The van der Waals surface area contributed by atoms with Gasteiger partial charge in [0.2, 0.25) is 11.8 Å². The largest absolute Gasteiger partial charge is 0.497 e. The van der Waals surface area contributed by atoms with E-state index in [1.165, 1.54) is 18.7 Å². The van der Waals surface area contributed by atoms with Gasteiger partial charge in [0, 0.05) is 16.8 Å². The van der Waals surface area contributed by atoms with Crippen molar-refractivity contribution in [2.75, 3.05) is 16.9 Å². The molecule has 0 spiro atoms. The molecule has 0 N–H and O–H groups in total. The van der Waals surface area contributed by atoms with Crippen LogP contribution in [0, 0.1) is 11.8 Å². The van der Waals surface area contributed by atoms with E-state index >= 15 is 0 Å². The zero-order valence-corrected chi connectivity index (χ0v) is 17.9. The van der Waals surface area contributed by atoms with Gasteiger partial charge in [-0.15, -0.1) is 0 Å². The molecule has 3 heterocycles.